The zero-order valence-corrected chi connectivity index (χ0v) is 5.90. The Kier molecular flexibility index (Phi) is 2.25. The fourth-order valence-corrected chi connectivity index (χ4v) is 1.10. The molecule has 10 heavy (non-hydrogen) atoms. The monoisotopic (exact) mass is 147 g/mol. The van der Waals surface area contributed by atoms with Crippen LogP contribution in [0.15, 0.2) is 0 Å². The number of hydrogen-bond acceptors (Lipinski definition) is 4. The molecule has 0 saturated carbocycles. The van der Waals surface area contributed by atoms with Crippen LogP contribution in [0.25, 0.3) is 0 Å². The summed E-state index contributed by atoms with van der Waals surface area (Å²) in [4.78, 5) is 0. The molecule has 0 aliphatic carbocycles. The molecule has 1 heterocycles. The number of nitrogens with two attached hydrogens (primary N) is 1. The summed E-state index contributed by atoms with van der Waals surface area (Å²) in [7, 11) is 0. The van der Waals surface area contributed by atoms with Crippen molar-refractivity contribution in [3.63, 3.8) is 0 Å². The first-order valence-corrected chi connectivity index (χ1v) is 3.38. The van der Waals surface area contributed by atoms with Gasteiger partial charge in [-0.05, 0) is 6.92 Å². The molecule has 0 aromatic heterocycles. The molecule has 4 nitrogen and oxygen atoms in total. The van der Waals surface area contributed by atoms with Gasteiger partial charge in [-0.2, -0.15) is 0 Å². The molecule has 4 atom stereocenters. The highest BCUT2D eigenvalue weighted by molar-refractivity contribution is 4.82. The first-order chi connectivity index (χ1) is 4.61. The van der Waals surface area contributed by atoms with Gasteiger partial charge in [-0.15, -0.1) is 0 Å². The van der Waals surface area contributed by atoms with Crippen molar-refractivity contribution >= 4 is 0 Å². The van der Waals surface area contributed by atoms with Gasteiger partial charge < -0.3 is 20.7 Å². The van der Waals surface area contributed by atoms with E-state index in [1.807, 2.05) is 0 Å². The van der Waals surface area contributed by atoms with E-state index in [1.54, 1.807) is 6.92 Å². The van der Waals surface area contributed by atoms with Crippen LogP contribution in [0.3, 0.4) is 0 Å². The second kappa shape index (κ2) is 2.84. The number of ether oxygens (including phenoxy) is 1. The lowest BCUT2D eigenvalue weighted by Gasteiger charge is -2.33. The molecule has 1 rings (SSSR count). The Hall–Kier alpha value is -0.160. The molecule has 0 radical (unpaired) electrons. The van der Waals surface area contributed by atoms with Crippen LogP contribution in [-0.4, -0.2) is 34.8 Å². The molecule has 0 aromatic rings. The number of rotatable bonds is 0. The zero-order valence-electron chi connectivity index (χ0n) is 5.90. The topological polar surface area (TPSA) is 75.7 Å². The van der Waals surface area contributed by atoms with Gasteiger partial charge in [-0.25, -0.2) is 0 Å². The summed E-state index contributed by atoms with van der Waals surface area (Å²) in [5, 5.41) is 18.2. The minimum atomic E-state index is -0.812. The molecule has 1 unspecified atom stereocenters. The summed E-state index contributed by atoms with van der Waals surface area (Å²) in [5.41, 5.74) is 5.47. The van der Waals surface area contributed by atoms with Gasteiger partial charge >= 0.3 is 0 Å². The van der Waals surface area contributed by atoms with E-state index in [0.29, 0.717) is 6.42 Å². The SMILES string of the molecule is C[C@H]1OC(O)C[C@H](N)[C@@H]1O. The molecule has 0 bridgehead atoms. The summed E-state index contributed by atoms with van der Waals surface area (Å²) in [6, 6.07) is -0.362. The molecule has 60 valence electrons. The molecule has 0 spiro atoms. The lowest BCUT2D eigenvalue weighted by atomic mass is 10.0. The Morgan fingerprint density at radius 3 is 2.60 bits per heavy atom. The van der Waals surface area contributed by atoms with Crippen molar-refractivity contribution < 1.29 is 14.9 Å². The van der Waals surface area contributed by atoms with Crippen LogP contribution in [0.5, 0.6) is 0 Å². The van der Waals surface area contributed by atoms with Crippen LogP contribution in [-0.2, 0) is 4.74 Å². The third-order valence-electron chi connectivity index (χ3n) is 1.77. The van der Waals surface area contributed by atoms with Gasteiger partial charge in [0.05, 0.1) is 12.2 Å². The van der Waals surface area contributed by atoms with E-state index in [-0.39, 0.29) is 12.1 Å². The van der Waals surface area contributed by atoms with E-state index in [2.05, 4.69) is 0 Å². The van der Waals surface area contributed by atoms with Crippen LogP contribution in [0.4, 0.5) is 0 Å². The van der Waals surface area contributed by atoms with Crippen molar-refractivity contribution in [2.45, 2.75) is 37.9 Å². The second-order valence-corrected chi connectivity index (χ2v) is 2.69. The summed E-state index contributed by atoms with van der Waals surface area (Å²) in [5.74, 6) is 0. The van der Waals surface area contributed by atoms with Gasteiger partial charge in [0.15, 0.2) is 6.29 Å². The fraction of sp³-hybridized carbons (Fsp3) is 1.00. The van der Waals surface area contributed by atoms with E-state index >= 15 is 0 Å². The van der Waals surface area contributed by atoms with Crippen molar-refractivity contribution in [1.82, 2.24) is 0 Å². The molecular weight excluding hydrogens is 134 g/mol. The Labute approximate surface area is 59.6 Å². The fourth-order valence-electron chi connectivity index (χ4n) is 1.10. The molecule has 0 amide bonds. The van der Waals surface area contributed by atoms with Gasteiger partial charge in [0, 0.05) is 12.5 Å². The van der Waals surface area contributed by atoms with Gasteiger partial charge in [-0.3, -0.25) is 0 Å². The molecule has 4 N–H and O–H groups in total. The normalized spacial score (nSPS) is 49.2. The average molecular weight is 147 g/mol. The smallest absolute Gasteiger partial charge is 0.156 e. The average Bonchev–Trinajstić information content (AvgIpc) is 1.82. The van der Waals surface area contributed by atoms with Crippen LogP contribution in [0.2, 0.25) is 0 Å². The predicted molar refractivity (Wildman–Crippen MR) is 35.2 cm³/mol. The van der Waals surface area contributed by atoms with Crippen LogP contribution in [0, 0.1) is 0 Å². The standard InChI is InChI=1S/C6H13NO3/c1-3-6(9)4(7)2-5(8)10-3/h3-6,8-9H,2,7H2,1H3/t3-,4+,5?,6-/m1/s1. The summed E-state index contributed by atoms with van der Waals surface area (Å²) < 4.78 is 4.89. The molecule has 1 saturated heterocycles. The van der Waals surface area contributed by atoms with Crippen molar-refractivity contribution in [3.8, 4) is 0 Å². The second-order valence-electron chi connectivity index (χ2n) is 2.69. The van der Waals surface area contributed by atoms with Crippen molar-refractivity contribution in [3.05, 3.63) is 0 Å². The summed E-state index contributed by atoms with van der Waals surface area (Å²) in [6.07, 6.45) is -1.51. The third-order valence-corrected chi connectivity index (χ3v) is 1.77. The largest absolute Gasteiger partial charge is 0.389 e. The van der Waals surface area contributed by atoms with Gasteiger partial charge in [0.2, 0.25) is 0 Å². The lowest BCUT2D eigenvalue weighted by Crippen LogP contribution is -2.51. The number of hydrogen-bond donors (Lipinski definition) is 3. The first kappa shape index (κ1) is 7.94. The van der Waals surface area contributed by atoms with Gasteiger partial charge in [-0.1, -0.05) is 0 Å². The first-order valence-electron chi connectivity index (χ1n) is 3.38. The van der Waals surface area contributed by atoms with Crippen LogP contribution in [0.1, 0.15) is 13.3 Å². The zero-order chi connectivity index (χ0) is 7.72. The van der Waals surface area contributed by atoms with Crippen molar-refractivity contribution in [2.24, 2.45) is 5.73 Å². The molecule has 1 fully saturated rings. The van der Waals surface area contributed by atoms with E-state index in [9.17, 15) is 5.11 Å². The lowest BCUT2D eigenvalue weighted by molar-refractivity contribution is -0.198. The van der Waals surface area contributed by atoms with Crippen molar-refractivity contribution in [2.75, 3.05) is 0 Å². The third kappa shape index (κ3) is 1.46. The highest BCUT2D eigenvalue weighted by Crippen LogP contribution is 2.16. The van der Waals surface area contributed by atoms with Crippen LogP contribution >= 0.6 is 0 Å². The quantitative estimate of drug-likeness (QED) is 0.402. The Morgan fingerprint density at radius 1 is 1.50 bits per heavy atom. The Balaban J connectivity index is 2.49. The Morgan fingerprint density at radius 2 is 2.10 bits per heavy atom. The highest BCUT2D eigenvalue weighted by atomic mass is 16.6. The van der Waals surface area contributed by atoms with E-state index in [4.69, 9.17) is 15.6 Å². The number of aliphatic hydroxyl groups excluding tert-OH is 2. The van der Waals surface area contributed by atoms with E-state index in [0.717, 1.165) is 0 Å². The Bertz CT molecular complexity index is 108. The summed E-state index contributed by atoms with van der Waals surface area (Å²) >= 11 is 0. The van der Waals surface area contributed by atoms with E-state index in [1.165, 1.54) is 0 Å². The highest BCUT2D eigenvalue weighted by Gasteiger charge is 2.31. The maximum absolute atomic E-state index is 9.20. The maximum Gasteiger partial charge on any atom is 0.156 e. The molecule has 1 aliphatic heterocycles. The summed E-state index contributed by atoms with van der Waals surface area (Å²) in [6.45, 7) is 1.69. The predicted octanol–water partition coefficient (Wildman–Crippen LogP) is -1.20. The van der Waals surface area contributed by atoms with E-state index < -0.39 is 12.4 Å². The molecule has 1 aliphatic rings. The van der Waals surface area contributed by atoms with Gasteiger partial charge in [0.1, 0.15) is 0 Å². The minimum absolute atomic E-state index is 0.311. The molecule has 0 aromatic carbocycles. The number of aliphatic hydroxyl groups is 2. The molecule has 4 heteroatoms. The van der Waals surface area contributed by atoms with Gasteiger partial charge in [0.25, 0.3) is 0 Å². The minimum Gasteiger partial charge on any atom is -0.389 e. The van der Waals surface area contributed by atoms with Crippen LogP contribution < -0.4 is 5.73 Å². The van der Waals surface area contributed by atoms with Crippen molar-refractivity contribution in [1.29, 1.82) is 0 Å². The maximum atomic E-state index is 9.20. The molecular formula is C6H13NO3.